The quantitative estimate of drug-likeness (QED) is 0.895. The number of sulfone groups is 1. The number of carbonyl (C=O) groups is 1. The van der Waals surface area contributed by atoms with Crippen molar-refractivity contribution in [1.82, 2.24) is 0 Å². The van der Waals surface area contributed by atoms with Crippen LogP contribution in [0.15, 0.2) is 58.3 Å². The fourth-order valence-electron chi connectivity index (χ4n) is 2.18. The molecule has 0 aromatic heterocycles. The minimum Gasteiger partial charge on any atom is -0.321 e. The molecule has 0 bridgehead atoms. The summed E-state index contributed by atoms with van der Waals surface area (Å²) in [4.78, 5) is 11.9. The molecule has 0 spiro atoms. The Kier molecular flexibility index (Phi) is 3.72. The van der Waals surface area contributed by atoms with Gasteiger partial charge in [0.05, 0.1) is 9.93 Å². The Morgan fingerprint density at radius 2 is 1.59 bits per heavy atom. The van der Waals surface area contributed by atoms with E-state index in [4.69, 9.17) is 23.2 Å². The second-order valence-electron chi connectivity index (χ2n) is 4.60. The van der Waals surface area contributed by atoms with Crippen molar-refractivity contribution in [3.05, 3.63) is 64.0 Å². The predicted molar refractivity (Wildman–Crippen MR) is 86.5 cm³/mol. The highest BCUT2D eigenvalue weighted by atomic mass is 35.5. The minimum atomic E-state index is -3.91. The Hall–Kier alpha value is -1.82. The van der Waals surface area contributed by atoms with E-state index in [2.05, 4.69) is 5.32 Å². The van der Waals surface area contributed by atoms with Crippen molar-refractivity contribution in [2.75, 3.05) is 5.32 Å². The number of amides is 1. The molecule has 0 saturated heterocycles. The van der Waals surface area contributed by atoms with Gasteiger partial charge in [-0.1, -0.05) is 41.4 Å². The lowest BCUT2D eigenvalue weighted by Gasteiger charge is -2.06. The molecule has 2 aromatic carbocycles. The third-order valence-electron chi connectivity index (χ3n) is 3.19. The van der Waals surface area contributed by atoms with Crippen LogP contribution in [0.5, 0.6) is 0 Å². The topological polar surface area (TPSA) is 63.2 Å². The van der Waals surface area contributed by atoms with Crippen molar-refractivity contribution >= 4 is 49.7 Å². The second-order valence-corrected chi connectivity index (χ2v) is 7.27. The SMILES string of the molecule is O=C(Nc1ccc(Cl)cc1)C1=C(Cl)c2ccccc2S1(=O)=O. The fraction of sp³-hybridized carbons (Fsp3) is 0. The molecule has 0 saturated carbocycles. The van der Waals surface area contributed by atoms with Gasteiger partial charge in [-0.25, -0.2) is 8.42 Å². The van der Waals surface area contributed by atoms with Crippen LogP contribution in [0.2, 0.25) is 5.02 Å². The van der Waals surface area contributed by atoms with Gasteiger partial charge in [-0.15, -0.1) is 0 Å². The highest BCUT2D eigenvalue weighted by molar-refractivity contribution is 7.97. The number of nitrogens with one attached hydrogen (secondary N) is 1. The molecule has 1 heterocycles. The van der Waals surface area contributed by atoms with Crippen LogP contribution in [-0.4, -0.2) is 14.3 Å². The molecule has 0 unspecified atom stereocenters. The van der Waals surface area contributed by atoms with Crippen LogP contribution in [0.1, 0.15) is 5.56 Å². The van der Waals surface area contributed by atoms with E-state index in [9.17, 15) is 13.2 Å². The third-order valence-corrected chi connectivity index (χ3v) is 5.81. The van der Waals surface area contributed by atoms with E-state index in [0.29, 0.717) is 16.3 Å². The summed E-state index contributed by atoms with van der Waals surface area (Å²) in [6.07, 6.45) is 0. The highest BCUT2D eigenvalue weighted by Crippen LogP contribution is 2.41. The van der Waals surface area contributed by atoms with Crippen LogP contribution in [0.3, 0.4) is 0 Å². The third kappa shape index (κ3) is 2.41. The van der Waals surface area contributed by atoms with Crippen LogP contribution in [0.4, 0.5) is 5.69 Å². The Balaban J connectivity index is 2.00. The van der Waals surface area contributed by atoms with E-state index in [1.54, 1.807) is 42.5 Å². The maximum Gasteiger partial charge on any atom is 0.269 e. The largest absolute Gasteiger partial charge is 0.321 e. The molecule has 0 fully saturated rings. The molecule has 0 aliphatic carbocycles. The van der Waals surface area contributed by atoms with Gasteiger partial charge >= 0.3 is 0 Å². The molecule has 2 aromatic rings. The van der Waals surface area contributed by atoms with Crippen LogP contribution < -0.4 is 5.32 Å². The van der Waals surface area contributed by atoms with Gasteiger partial charge in [0.2, 0.25) is 9.84 Å². The Labute approximate surface area is 137 Å². The van der Waals surface area contributed by atoms with Crippen LogP contribution >= 0.6 is 23.2 Å². The molecule has 7 heteroatoms. The zero-order valence-corrected chi connectivity index (χ0v) is 13.3. The second kappa shape index (κ2) is 5.43. The fourth-order valence-corrected chi connectivity index (χ4v) is 4.49. The molecule has 1 aliphatic heterocycles. The van der Waals surface area contributed by atoms with E-state index in [0.717, 1.165) is 0 Å². The van der Waals surface area contributed by atoms with Gasteiger partial charge in [0.15, 0.2) is 4.91 Å². The number of rotatable bonds is 2. The van der Waals surface area contributed by atoms with E-state index in [1.165, 1.54) is 6.07 Å². The van der Waals surface area contributed by atoms with E-state index >= 15 is 0 Å². The van der Waals surface area contributed by atoms with E-state index in [1.807, 2.05) is 0 Å². The van der Waals surface area contributed by atoms with E-state index < -0.39 is 20.6 Å². The van der Waals surface area contributed by atoms with Gasteiger partial charge < -0.3 is 5.32 Å². The van der Waals surface area contributed by atoms with Gasteiger partial charge in [0, 0.05) is 16.3 Å². The summed E-state index contributed by atoms with van der Waals surface area (Å²) in [5, 5.41) is 2.96. The van der Waals surface area contributed by atoms with E-state index in [-0.39, 0.29) is 9.93 Å². The maximum absolute atomic E-state index is 12.5. The summed E-state index contributed by atoms with van der Waals surface area (Å²) < 4.78 is 24.9. The lowest BCUT2D eigenvalue weighted by atomic mass is 10.2. The molecule has 0 atom stereocenters. The number of fused-ring (bicyclic) bond motifs is 1. The van der Waals surface area contributed by atoms with Crippen molar-refractivity contribution in [2.45, 2.75) is 4.90 Å². The summed E-state index contributed by atoms with van der Waals surface area (Å²) >= 11 is 11.9. The first-order chi connectivity index (χ1) is 10.4. The summed E-state index contributed by atoms with van der Waals surface area (Å²) in [5.74, 6) is -0.775. The molecule has 22 heavy (non-hydrogen) atoms. The smallest absolute Gasteiger partial charge is 0.269 e. The predicted octanol–water partition coefficient (Wildman–Crippen LogP) is 3.67. The van der Waals surface area contributed by atoms with Gasteiger partial charge in [-0.3, -0.25) is 4.79 Å². The van der Waals surface area contributed by atoms with Crippen molar-refractivity contribution in [1.29, 1.82) is 0 Å². The Morgan fingerprint density at radius 1 is 0.955 bits per heavy atom. The first-order valence-corrected chi connectivity index (χ1v) is 8.46. The summed E-state index contributed by atoms with van der Waals surface area (Å²) in [6, 6.07) is 12.6. The zero-order chi connectivity index (χ0) is 15.9. The average molecular weight is 354 g/mol. The van der Waals surface area contributed by atoms with Crippen molar-refractivity contribution < 1.29 is 13.2 Å². The van der Waals surface area contributed by atoms with Gasteiger partial charge in [-0.2, -0.15) is 0 Å². The minimum absolute atomic E-state index is 0.0428. The molecule has 1 amide bonds. The van der Waals surface area contributed by atoms with Gasteiger partial charge in [-0.05, 0) is 30.3 Å². The monoisotopic (exact) mass is 353 g/mol. The molecule has 1 N–H and O–H groups in total. The molecule has 4 nitrogen and oxygen atoms in total. The molecule has 3 rings (SSSR count). The lowest BCUT2D eigenvalue weighted by molar-refractivity contribution is -0.112. The number of anilines is 1. The summed E-state index contributed by atoms with van der Waals surface area (Å²) in [5.41, 5.74) is 0.767. The maximum atomic E-state index is 12.5. The zero-order valence-electron chi connectivity index (χ0n) is 11.0. The normalized spacial score (nSPS) is 15.5. The molecule has 112 valence electrons. The first kappa shape index (κ1) is 15.1. The summed E-state index contributed by atoms with van der Waals surface area (Å²) in [6.45, 7) is 0. The van der Waals surface area contributed by atoms with Crippen LogP contribution in [-0.2, 0) is 14.6 Å². The molecule has 1 aliphatic rings. The van der Waals surface area contributed by atoms with Crippen molar-refractivity contribution in [3.63, 3.8) is 0 Å². The Morgan fingerprint density at radius 3 is 2.23 bits per heavy atom. The van der Waals surface area contributed by atoms with Crippen molar-refractivity contribution in [3.8, 4) is 0 Å². The standard InChI is InChI=1S/C15H9Cl2NO3S/c16-9-5-7-10(8-6-9)18-15(19)14-13(17)11-3-1-2-4-12(11)22(14,20)21/h1-8H,(H,18,19). The number of carbonyl (C=O) groups excluding carboxylic acids is 1. The van der Waals surface area contributed by atoms with Gasteiger partial charge in [0.25, 0.3) is 5.91 Å². The molecule has 0 radical (unpaired) electrons. The molecular weight excluding hydrogens is 345 g/mol. The number of hydrogen-bond acceptors (Lipinski definition) is 3. The summed E-state index contributed by atoms with van der Waals surface area (Å²) in [7, 11) is -3.91. The van der Waals surface area contributed by atoms with Gasteiger partial charge in [0.1, 0.15) is 0 Å². The Bertz CT molecular complexity index is 903. The number of benzene rings is 2. The van der Waals surface area contributed by atoms with Crippen molar-refractivity contribution in [2.24, 2.45) is 0 Å². The highest BCUT2D eigenvalue weighted by Gasteiger charge is 2.39. The van der Waals surface area contributed by atoms with Crippen LogP contribution in [0, 0.1) is 0 Å². The number of halogens is 2. The van der Waals surface area contributed by atoms with Crippen LogP contribution in [0.25, 0.3) is 5.03 Å². The molecular formula is C15H9Cl2NO3S. The first-order valence-electron chi connectivity index (χ1n) is 6.22. The average Bonchev–Trinajstić information content (AvgIpc) is 2.69. The lowest BCUT2D eigenvalue weighted by Crippen LogP contribution is -2.19. The number of hydrogen-bond donors (Lipinski definition) is 1.